The summed E-state index contributed by atoms with van der Waals surface area (Å²) in [6.45, 7) is 10.5. The molecule has 0 spiro atoms. The lowest BCUT2D eigenvalue weighted by Crippen LogP contribution is -2.29. The van der Waals surface area contributed by atoms with E-state index in [0.29, 0.717) is 6.04 Å². The summed E-state index contributed by atoms with van der Waals surface area (Å²) in [5.74, 6) is 0. The molecular formula is C19H27N. The highest BCUT2D eigenvalue weighted by Gasteiger charge is 2.10. The van der Waals surface area contributed by atoms with E-state index in [1.54, 1.807) is 0 Å². The van der Waals surface area contributed by atoms with Crippen molar-refractivity contribution < 1.29 is 0 Å². The Kier molecular flexibility index (Phi) is 7.67. The third-order valence-electron chi connectivity index (χ3n) is 3.19. The minimum Gasteiger partial charge on any atom is -0.292 e. The van der Waals surface area contributed by atoms with E-state index in [9.17, 15) is 0 Å². The van der Waals surface area contributed by atoms with Gasteiger partial charge in [0.05, 0.1) is 0 Å². The molecular weight excluding hydrogens is 242 g/mol. The van der Waals surface area contributed by atoms with E-state index in [1.807, 2.05) is 13.8 Å². The third kappa shape index (κ3) is 5.58. The van der Waals surface area contributed by atoms with Crippen LogP contribution in [-0.4, -0.2) is 10.9 Å². The summed E-state index contributed by atoms with van der Waals surface area (Å²) in [6, 6.07) is 21.9. The molecule has 0 aliphatic heterocycles. The second kappa shape index (κ2) is 9.33. The summed E-state index contributed by atoms with van der Waals surface area (Å²) >= 11 is 0. The van der Waals surface area contributed by atoms with Gasteiger partial charge < -0.3 is 0 Å². The quantitative estimate of drug-likeness (QED) is 0.728. The van der Waals surface area contributed by atoms with Crippen LogP contribution in [0.15, 0.2) is 60.7 Å². The Bertz CT molecular complexity index is 406. The van der Waals surface area contributed by atoms with E-state index in [0.717, 1.165) is 13.1 Å². The lowest BCUT2D eigenvalue weighted by Gasteiger charge is -2.26. The number of benzene rings is 2. The Morgan fingerprint density at radius 1 is 0.700 bits per heavy atom. The monoisotopic (exact) mass is 269 g/mol. The smallest absolute Gasteiger partial charge is 0.0239 e. The van der Waals surface area contributed by atoms with Gasteiger partial charge in [-0.15, -0.1) is 0 Å². The van der Waals surface area contributed by atoms with Crippen molar-refractivity contribution >= 4 is 0 Å². The molecule has 0 fully saturated rings. The summed E-state index contributed by atoms with van der Waals surface area (Å²) in [4.78, 5) is 2.49. The highest BCUT2D eigenvalue weighted by Crippen LogP contribution is 2.12. The van der Waals surface area contributed by atoms with E-state index in [1.165, 1.54) is 11.1 Å². The molecule has 0 unspecified atom stereocenters. The molecule has 0 aliphatic carbocycles. The first-order valence-electron chi connectivity index (χ1n) is 7.57. The molecule has 0 saturated carbocycles. The minimum atomic E-state index is 0.547. The predicted molar refractivity (Wildman–Crippen MR) is 88.6 cm³/mol. The van der Waals surface area contributed by atoms with Crippen LogP contribution in [0, 0.1) is 0 Å². The number of nitrogens with zero attached hydrogens (tertiary/aromatic N) is 1. The lowest BCUT2D eigenvalue weighted by atomic mass is 10.1. The fraction of sp³-hybridized carbons (Fsp3) is 0.368. The van der Waals surface area contributed by atoms with E-state index in [2.05, 4.69) is 79.4 Å². The molecule has 108 valence electrons. The van der Waals surface area contributed by atoms with E-state index < -0.39 is 0 Å². The first-order valence-corrected chi connectivity index (χ1v) is 7.57. The van der Waals surface area contributed by atoms with Gasteiger partial charge in [0.25, 0.3) is 0 Å². The van der Waals surface area contributed by atoms with E-state index in [-0.39, 0.29) is 0 Å². The Labute approximate surface area is 124 Å². The van der Waals surface area contributed by atoms with Crippen LogP contribution < -0.4 is 0 Å². The average Bonchev–Trinajstić information content (AvgIpc) is 2.51. The molecule has 1 heteroatoms. The summed E-state index contributed by atoms with van der Waals surface area (Å²) < 4.78 is 0. The summed E-state index contributed by atoms with van der Waals surface area (Å²) in [6.07, 6.45) is 0. The lowest BCUT2D eigenvalue weighted by molar-refractivity contribution is 0.203. The fourth-order valence-electron chi connectivity index (χ4n) is 2.06. The molecule has 0 amide bonds. The van der Waals surface area contributed by atoms with Gasteiger partial charge in [0.15, 0.2) is 0 Å². The zero-order chi connectivity index (χ0) is 14.8. The van der Waals surface area contributed by atoms with Gasteiger partial charge in [-0.1, -0.05) is 74.5 Å². The SMILES string of the molecule is CC.CC(C)N(Cc1ccccc1)Cc1ccccc1. The zero-order valence-electron chi connectivity index (χ0n) is 13.2. The summed E-state index contributed by atoms with van der Waals surface area (Å²) in [5.41, 5.74) is 2.75. The standard InChI is InChI=1S/C17H21N.C2H6/c1-15(2)18(13-16-9-5-3-6-10-16)14-17-11-7-4-8-12-17;1-2/h3-12,15H,13-14H2,1-2H3;1-2H3. The van der Waals surface area contributed by atoms with Crippen LogP contribution in [0.25, 0.3) is 0 Å². The highest BCUT2D eigenvalue weighted by molar-refractivity contribution is 5.17. The number of hydrogen-bond donors (Lipinski definition) is 0. The minimum absolute atomic E-state index is 0.547. The van der Waals surface area contributed by atoms with Gasteiger partial charge in [-0.25, -0.2) is 0 Å². The van der Waals surface area contributed by atoms with Crippen molar-refractivity contribution in [1.29, 1.82) is 0 Å². The predicted octanol–water partition coefficient (Wildman–Crippen LogP) is 5.12. The van der Waals surface area contributed by atoms with Gasteiger partial charge in [-0.2, -0.15) is 0 Å². The maximum absolute atomic E-state index is 2.49. The molecule has 1 nitrogen and oxygen atoms in total. The Morgan fingerprint density at radius 2 is 1.05 bits per heavy atom. The van der Waals surface area contributed by atoms with E-state index >= 15 is 0 Å². The fourth-order valence-corrected chi connectivity index (χ4v) is 2.06. The molecule has 0 saturated heterocycles. The average molecular weight is 269 g/mol. The van der Waals surface area contributed by atoms with E-state index in [4.69, 9.17) is 0 Å². The highest BCUT2D eigenvalue weighted by atomic mass is 15.1. The Hall–Kier alpha value is -1.60. The van der Waals surface area contributed by atoms with Gasteiger partial charge in [0, 0.05) is 19.1 Å². The first-order chi connectivity index (χ1) is 9.75. The van der Waals surface area contributed by atoms with Crippen molar-refractivity contribution in [2.45, 2.75) is 46.8 Å². The molecule has 2 aromatic rings. The van der Waals surface area contributed by atoms with Crippen LogP contribution in [0.4, 0.5) is 0 Å². The second-order valence-corrected chi connectivity index (χ2v) is 4.97. The molecule has 0 bridgehead atoms. The van der Waals surface area contributed by atoms with Gasteiger partial charge in [-0.3, -0.25) is 4.90 Å². The second-order valence-electron chi connectivity index (χ2n) is 4.97. The summed E-state index contributed by atoms with van der Waals surface area (Å²) in [7, 11) is 0. The molecule has 20 heavy (non-hydrogen) atoms. The number of rotatable bonds is 5. The Balaban J connectivity index is 0.000000956. The third-order valence-corrected chi connectivity index (χ3v) is 3.19. The first kappa shape index (κ1) is 16.5. The van der Waals surface area contributed by atoms with Crippen LogP contribution in [0.3, 0.4) is 0 Å². The van der Waals surface area contributed by atoms with Crippen molar-refractivity contribution in [2.24, 2.45) is 0 Å². The molecule has 2 aromatic carbocycles. The van der Waals surface area contributed by atoms with Gasteiger partial charge in [0.1, 0.15) is 0 Å². The van der Waals surface area contributed by atoms with Crippen LogP contribution >= 0.6 is 0 Å². The van der Waals surface area contributed by atoms with Gasteiger partial charge >= 0.3 is 0 Å². The van der Waals surface area contributed by atoms with Gasteiger partial charge in [0.2, 0.25) is 0 Å². The van der Waals surface area contributed by atoms with Crippen molar-refractivity contribution in [3.8, 4) is 0 Å². The molecule has 0 radical (unpaired) electrons. The molecule has 0 atom stereocenters. The van der Waals surface area contributed by atoms with Crippen LogP contribution in [0.5, 0.6) is 0 Å². The van der Waals surface area contributed by atoms with Crippen LogP contribution in [0.1, 0.15) is 38.8 Å². The molecule has 2 rings (SSSR count). The number of hydrogen-bond acceptors (Lipinski definition) is 1. The van der Waals surface area contributed by atoms with Crippen LogP contribution in [0.2, 0.25) is 0 Å². The zero-order valence-corrected chi connectivity index (χ0v) is 13.2. The van der Waals surface area contributed by atoms with Crippen molar-refractivity contribution in [3.05, 3.63) is 71.8 Å². The normalized spacial score (nSPS) is 10.3. The molecule has 0 aliphatic rings. The van der Waals surface area contributed by atoms with Gasteiger partial charge in [-0.05, 0) is 25.0 Å². The maximum Gasteiger partial charge on any atom is 0.0239 e. The molecule has 0 N–H and O–H groups in total. The Morgan fingerprint density at radius 3 is 1.35 bits per heavy atom. The topological polar surface area (TPSA) is 3.24 Å². The van der Waals surface area contributed by atoms with Crippen LogP contribution in [-0.2, 0) is 13.1 Å². The summed E-state index contributed by atoms with van der Waals surface area (Å²) in [5, 5.41) is 0. The van der Waals surface area contributed by atoms with Crippen molar-refractivity contribution in [2.75, 3.05) is 0 Å². The molecule has 0 heterocycles. The largest absolute Gasteiger partial charge is 0.292 e. The van der Waals surface area contributed by atoms with Crippen molar-refractivity contribution in [1.82, 2.24) is 4.90 Å². The maximum atomic E-state index is 2.49. The molecule has 0 aromatic heterocycles. The van der Waals surface area contributed by atoms with Crippen molar-refractivity contribution in [3.63, 3.8) is 0 Å².